The Morgan fingerprint density at radius 2 is 2.07 bits per heavy atom. The van der Waals surface area contributed by atoms with E-state index in [-0.39, 0.29) is 5.54 Å². The van der Waals surface area contributed by atoms with E-state index in [0.717, 1.165) is 6.42 Å². The topological polar surface area (TPSA) is 37.8 Å². The van der Waals surface area contributed by atoms with Crippen LogP contribution in [0.2, 0.25) is 5.02 Å². The maximum atomic E-state index is 5.93. The molecule has 1 aromatic heterocycles. The molecule has 6 heteroatoms. The molecule has 1 aromatic rings. The highest BCUT2D eigenvalue weighted by molar-refractivity contribution is 6.32. The standard InChI is InChI=1S/C9H12Cl3N3/c1-2-9(4-10,5-11)15-8-7(12)3-13-6-14-8/h3,6H,2,4-5H2,1H3,(H,13,14,15). The molecule has 0 amide bonds. The molecule has 0 spiro atoms. The number of rotatable bonds is 5. The normalized spacial score (nSPS) is 11.5. The molecule has 1 N–H and O–H groups in total. The van der Waals surface area contributed by atoms with Crippen LogP contribution in [0.5, 0.6) is 0 Å². The van der Waals surface area contributed by atoms with Gasteiger partial charge in [0.2, 0.25) is 0 Å². The van der Waals surface area contributed by atoms with E-state index in [1.54, 1.807) is 0 Å². The number of hydrogen-bond donors (Lipinski definition) is 1. The van der Waals surface area contributed by atoms with E-state index < -0.39 is 0 Å². The maximum absolute atomic E-state index is 5.93. The quantitative estimate of drug-likeness (QED) is 0.834. The molecule has 0 fully saturated rings. The Hall–Kier alpha value is -0.250. The van der Waals surface area contributed by atoms with Gasteiger partial charge in [-0.2, -0.15) is 0 Å². The Labute approximate surface area is 104 Å². The summed E-state index contributed by atoms with van der Waals surface area (Å²) < 4.78 is 0. The van der Waals surface area contributed by atoms with Gasteiger partial charge in [0.05, 0.1) is 11.7 Å². The van der Waals surface area contributed by atoms with Crippen LogP contribution < -0.4 is 5.32 Å². The van der Waals surface area contributed by atoms with Gasteiger partial charge in [0, 0.05) is 11.8 Å². The third-order valence-electron chi connectivity index (χ3n) is 2.24. The van der Waals surface area contributed by atoms with Crippen LogP contribution in [0.3, 0.4) is 0 Å². The minimum absolute atomic E-state index is 0.374. The van der Waals surface area contributed by atoms with Crippen molar-refractivity contribution in [1.82, 2.24) is 9.97 Å². The van der Waals surface area contributed by atoms with Gasteiger partial charge in [-0.1, -0.05) is 18.5 Å². The van der Waals surface area contributed by atoms with E-state index in [0.29, 0.717) is 22.6 Å². The largest absolute Gasteiger partial charge is 0.361 e. The van der Waals surface area contributed by atoms with Crippen molar-refractivity contribution in [1.29, 1.82) is 0 Å². The highest BCUT2D eigenvalue weighted by atomic mass is 35.5. The van der Waals surface area contributed by atoms with E-state index in [9.17, 15) is 0 Å². The molecule has 0 aliphatic heterocycles. The van der Waals surface area contributed by atoms with Gasteiger partial charge in [0.15, 0.2) is 0 Å². The van der Waals surface area contributed by atoms with Crippen LogP contribution in [-0.2, 0) is 0 Å². The van der Waals surface area contributed by atoms with Gasteiger partial charge in [-0.25, -0.2) is 9.97 Å². The summed E-state index contributed by atoms with van der Waals surface area (Å²) in [5.74, 6) is 1.36. The summed E-state index contributed by atoms with van der Waals surface area (Å²) in [6, 6.07) is 0. The molecular formula is C9H12Cl3N3. The monoisotopic (exact) mass is 267 g/mol. The summed E-state index contributed by atoms with van der Waals surface area (Å²) in [4.78, 5) is 7.84. The van der Waals surface area contributed by atoms with Crippen LogP contribution in [0.15, 0.2) is 12.5 Å². The Bertz CT molecular complexity index is 307. The second-order valence-corrected chi connectivity index (χ2v) is 4.19. The average molecular weight is 269 g/mol. The van der Waals surface area contributed by atoms with Crippen molar-refractivity contribution < 1.29 is 0 Å². The Morgan fingerprint density at radius 1 is 1.40 bits per heavy atom. The van der Waals surface area contributed by atoms with Crippen molar-refractivity contribution in [3.8, 4) is 0 Å². The fraction of sp³-hybridized carbons (Fsp3) is 0.556. The van der Waals surface area contributed by atoms with Gasteiger partial charge in [-0.05, 0) is 6.42 Å². The second-order valence-electron chi connectivity index (χ2n) is 3.25. The zero-order valence-corrected chi connectivity index (χ0v) is 10.6. The fourth-order valence-corrected chi connectivity index (χ4v) is 1.99. The first-order valence-corrected chi connectivity index (χ1v) is 5.98. The van der Waals surface area contributed by atoms with Crippen LogP contribution in [0.25, 0.3) is 0 Å². The number of halogens is 3. The molecule has 0 aromatic carbocycles. The fourth-order valence-electron chi connectivity index (χ4n) is 1.04. The van der Waals surface area contributed by atoms with Gasteiger partial charge >= 0.3 is 0 Å². The molecule has 84 valence electrons. The molecule has 0 bridgehead atoms. The van der Waals surface area contributed by atoms with Crippen LogP contribution >= 0.6 is 34.8 Å². The lowest BCUT2D eigenvalue weighted by Gasteiger charge is -2.30. The SMILES string of the molecule is CCC(CCl)(CCl)Nc1ncncc1Cl. The zero-order valence-electron chi connectivity index (χ0n) is 8.30. The van der Waals surface area contributed by atoms with Crippen molar-refractivity contribution >= 4 is 40.6 Å². The van der Waals surface area contributed by atoms with Crippen LogP contribution in [0, 0.1) is 0 Å². The molecule has 3 nitrogen and oxygen atoms in total. The van der Waals surface area contributed by atoms with Gasteiger partial charge in [-0.15, -0.1) is 23.2 Å². The molecule has 0 saturated heterocycles. The first-order chi connectivity index (χ1) is 7.17. The molecule has 15 heavy (non-hydrogen) atoms. The summed E-state index contributed by atoms with van der Waals surface area (Å²) in [6.45, 7) is 2.01. The van der Waals surface area contributed by atoms with Gasteiger partial charge < -0.3 is 5.32 Å². The maximum Gasteiger partial charge on any atom is 0.148 e. The molecular weight excluding hydrogens is 256 g/mol. The molecule has 0 unspecified atom stereocenters. The Kier molecular flexibility index (Phi) is 4.90. The third-order valence-corrected chi connectivity index (χ3v) is 3.54. The van der Waals surface area contributed by atoms with E-state index in [1.165, 1.54) is 12.5 Å². The predicted octanol–water partition coefficient (Wildman–Crippen LogP) is 3.17. The molecule has 0 aliphatic rings. The predicted molar refractivity (Wildman–Crippen MR) is 65.1 cm³/mol. The molecule has 1 heterocycles. The lowest BCUT2D eigenvalue weighted by molar-refractivity contribution is 0.557. The number of anilines is 1. The van der Waals surface area contributed by atoms with E-state index in [4.69, 9.17) is 34.8 Å². The average Bonchev–Trinajstić information content (AvgIpc) is 2.29. The number of alkyl halides is 2. The van der Waals surface area contributed by atoms with Crippen molar-refractivity contribution in [2.75, 3.05) is 17.1 Å². The van der Waals surface area contributed by atoms with Gasteiger partial charge in [0.25, 0.3) is 0 Å². The first kappa shape index (κ1) is 12.8. The highest BCUT2D eigenvalue weighted by Crippen LogP contribution is 2.25. The van der Waals surface area contributed by atoms with Crippen molar-refractivity contribution in [2.24, 2.45) is 0 Å². The molecule has 0 radical (unpaired) electrons. The van der Waals surface area contributed by atoms with Gasteiger partial charge in [0.1, 0.15) is 17.2 Å². The smallest absolute Gasteiger partial charge is 0.148 e. The lowest BCUT2D eigenvalue weighted by Crippen LogP contribution is -2.42. The molecule has 0 saturated carbocycles. The highest BCUT2D eigenvalue weighted by Gasteiger charge is 2.27. The van der Waals surface area contributed by atoms with E-state index in [1.807, 2.05) is 6.92 Å². The third kappa shape index (κ3) is 3.10. The summed E-state index contributed by atoms with van der Waals surface area (Å²) in [5.41, 5.74) is -0.374. The van der Waals surface area contributed by atoms with Crippen LogP contribution in [0.1, 0.15) is 13.3 Å². The zero-order chi connectivity index (χ0) is 11.3. The first-order valence-electron chi connectivity index (χ1n) is 4.53. The van der Waals surface area contributed by atoms with Crippen molar-refractivity contribution in [2.45, 2.75) is 18.9 Å². The minimum atomic E-state index is -0.374. The second kappa shape index (κ2) is 5.73. The number of aromatic nitrogens is 2. The molecule has 1 rings (SSSR count). The summed E-state index contributed by atoms with van der Waals surface area (Å²) >= 11 is 17.7. The Balaban J connectivity index is 2.88. The summed E-state index contributed by atoms with van der Waals surface area (Å²) in [5, 5.41) is 3.63. The van der Waals surface area contributed by atoms with Crippen LogP contribution in [0.4, 0.5) is 5.82 Å². The van der Waals surface area contributed by atoms with Gasteiger partial charge in [-0.3, -0.25) is 0 Å². The molecule has 0 aliphatic carbocycles. The van der Waals surface area contributed by atoms with Crippen molar-refractivity contribution in [3.05, 3.63) is 17.5 Å². The molecule has 0 atom stereocenters. The Morgan fingerprint density at radius 3 is 2.53 bits per heavy atom. The summed E-state index contributed by atoms with van der Waals surface area (Å²) in [7, 11) is 0. The number of nitrogens with one attached hydrogen (secondary N) is 1. The number of nitrogens with zero attached hydrogens (tertiary/aromatic N) is 2. The lowest BCUT2D eigenvalue weighted by atomic mass is 10.0. The van der Waals surface area contributed by atoms with E-state index in [2.05, 4.69) is 15.3 Å². The van der Waals surface area contributed by atoms with Crippen molar-refractivity contribution in [3.63, 3.8) is 0 Å². The van der Waals surface area contributed by atoms with Crippen LogP contribution in [-0.4, -0.2) is 27.3 Å². The summed E-state index contributed by atoms with van der Waals surface area (Å²) in [6.07, 6.45) is 3.75. The number of hydrogen-bond acceptors (Lipinski definition) is 3. The van der Waals surface area contributed by atoms with E-state index >= 15 is 0 Å². The minimum Gasteiger partial charge on any atom is -0.361 e.